The topological polar surface area (TPSA) is 77.1 Å². The van der Waals surface area contributed by atoms with Crippen molar-refractivity contribution in [2.75, 3.05) is 34.9 Å². The van der Waals surface area contributed by atoms with E-state index in [0.717, 1.165) is 5.56 Å². The summed E-state index contributed by atoms with van der Waals surface area (Å²) in [4.78, 5) is 24.2. The number of nitrogens with one attached hydrogen (secondary N) is 1. The molecule has 0 aliphatic carbocycles. The molecule has 0 bridgehead atoms. The smallest absolute Gasteiger partial charge is 0.413 e. The van der Waals surface area contributed by atoms with Crippen molar-refractivity contribution in [2.45, 2.75) is 6.54 Å². The third-order valence-corrected chi connectivity index (χ3v) is 2.74. The number of carbonyl (C=O) groups is 2. The third kappa shape index (κ3) is 5.31. The summed E-state index contributed by atoms with van der Waals surface area (Å²) in [5.74, 6) is 0.847. The second kappa shape index (κ2) is 8.11. The summed E-state index contributed by atoms with van der Waals surface area (Å²) in [6.45, 7) is 0.596. The van der Waals surface area contributed by atoms with E-state index in [1.54, 1.807) is 32.2 Å². The van der Waals surface area contributed by atoms with Gasteiger partial charge in [0.2, 0.25) is 5.91 Å². The molecule has 1 N–H and O–H groups in total. The van der Waals surface area contributed by atoms with Crippen LogP contribution in [0.15, 0.2) is 18.2 Å². The summed E-state index contributed by atoms with van der Waals surface area (Å²) < 4.78 is 14.7. The van der Waals surface area contributed by atoms with E-state index < -0.39 is 12.0 Å². The number of imide groups is 1. The van der Waals surface area contributed by atoms with E-state index in [4.69, 9.17) is 9.47 Å². The molecular weight excluding hydrogens is 276 g/mol. The maximum Gasteiger partial charge on any atom is 0.413 e. The molecule has 7 heteroatoms. The molecule has 116 valence electrons. The first-order valence-corrected chi connectivity index (χ1v) is 6.27. The largest absolute Gasteiger partial charge is 0.493 e. The lowest BCUT2D eigenvalue weighted by Gasteiger charge is -2.17. The van der Waals surface area contributed by atoms with E-state index >= 15 is 0 Å². The molecule has 0 saturated heterocycles. The Hall–Kier alpha value is -2.28. The first-order valence-electron chi connectivity index (χ1n) is 6.27. The number of hydrogen-bond acceptors (Lipinski definition) is 6. The molecule has 0 unspecified atom stereocenters. The fraction of sp³-hybridized carbons (Fsp3) is 0.429. The standard InChI is InChI=1S/C14H20N2O5/c1-16(9-13(17)15-14(18)21-4)8-10-5-6-11(19-2)12(7-10)20-3/h5-7H,8-9H2,1-4H3,(H,15,17,18). The maximum atomic E-state index is 11.5. The van der Waals surface area contributed by atoms with Gasteiger partial charge in [0.05, 0.1) is 27.9 Å². The summed E-state index contributed by atoms with van der Waals surface area (Å²) in [5, 5.41) is 2.10. The first kappa shape index (κ1) is 16.8. The second-order valence-corrected chi connectivity index (χ2v) is 4.40. The van der Waals surface area contributed by atoms with Crippen LogP contribution in [0, 0.1) is 0 Å². The highest BCUT2D eigenvalue weighted by molar-refractivity contribution is 5.92. The summed E-state index contributed by atoms with van der Waals surface area (Å²) in [6.07, 6.45) is -0.764. The Balaban J connectivity index is 2.60. The van der Waals surface area contributed by atoms with Gasteiger partial charge in [-0.25, -0.2) is 4.79 Å². The van der Waals surface area contributed by atoms with Gasteiger partial charge in [0.15, 0.2) is 11.5 Å². The van der Waals surface area contributed by atoms with E-state index in [2.05, 4.69) is 10.1 Å². The van der Waals surface area contributed by atoms with E-state index in [0.29, 0.717) is 18.0 Å². The summed E-state index contributed by atoms with van der Waals surface area (Å²) in [7, 11) is 6.11. The van der Waals surface area contributed by atoms with Crippen LogP contribution in [0.25, 0.3) is 0 Å². The van der Waals surface area contributed by atoms with Crippen LogP contribution in [0.2, 0.25) is 0 Å². The van der Waals surface area contributed by atoms with E-state index in [-0.39, 0.29) is 6.54 Å². The number of nitrogens with zero attached hydrogens (tertiary/aromatic N) is 1. The molecule has 0 spiro atoms. The number of hydrogen-bond donors (Lipinski definition) is 1. The lowest BCUT2D eigenvalue weighted by molar-refractivity contribution is -0.121. The van der Waals surface area contributed by atoms with Gasteiger partial charge < -0.3 is 14.2 Å². The van der Waals surface area contributed by atoms with Crippen molar-refractivity contribution >= 4 is 12.0 Å². The van der Waals surface area contributed by atoms with Gasteiger partial charge in [-0.2, -0.15) is 0 Å². The Kier molecular flexibility index (Phi) is 6.48. The molecule has 0 radical (unpaired) electrons. The molecule has 7 nitrogen and oxygen atoms in total. The number of rotatable bonds is 6. The lowest BCUT2D eigenvalue weighted by atomic mass is 10.2. The molecule has 0 fully saturated rings. The fourth-order valence-corrected chi connectivity index (χ4v) is 1.80. The quantitative estimate of drug-likeness (QED) is 0.844. The summed E-state index contributed by atoms with van der Waals surface area (Å²) in [6, 6.07) is 5.53. The van der Waals surface area contributed by atoms with E-state index in [1.165, 1.54) is 7.11 Å². The molecule has 1 aromatic rings. The minimum atomic E-state index is -0.764. The van der Waals surface area contributed by atoms with Crippen molar-refractivity contribution in [3.63, 3.8) is 0 Å². The van der Waals surface area contributed by atoms with Crippen molar-refractivity contribution in [2.24, 2.45) is 0 Å². The SMILES string of the molecule is COC(=O)NC(=O)CN(C)Cc1ccc(OC)c(OC)c1. The molecule has 0 aliphatic rings. The van der Waals surface area contributed by atoms with Crippen LogP contribution >= 0.6 is 0 Å². The maximum absolute atomic E-state index is 11.5. The summed E-state index contributed by atoms with van der Waals surface area (Å²) >= 11 is 0. The third-order valence-electron chi connectivity index (χ3n) is 2.74. The monoisotopic (exact) mass is 296 g/mol. The number of methoxy groups -OCH3 is 3. The number of likely N-dealkylation sites (N-methyl/N-ethyl adjacent to an activating group) is 1. The normalized spacial score (nSPS) is 10.1. The van der Waals surface area contributed by atoms with Crippen molar-refractivity contribution in [1.82, 2.24) is 10.2 Å². The number of benzene rings is 1. The minimum absolute atomic E-state index is 0.0729. The molecule has 21 heavy (non-hydrogen) atoms. The van der Waals surface area contributed by atoms with Gasteiger partial charge in [0.25, 0.3) is 0 Å². The number of ether oxygens (including phenoxy) is 3. The van der Waals surface area contributed by atoms with Crippen molar-refractivity contribution in [1.29, 1.82) is 0 Å². The van der Waals surface area contributed by atoms with Crippen LogP contribution in [0.3, 0.4) is 0 Å². The molecule has 2 amide bonds. The van der Waals surface area contributed by atoms with Gasteiger partial charge in [-0.05, 0) is 24.7 Å². The van der Waals surface area contributed by atoms with Gasteiger partial charge in [-0.3, -0.25) is 15.0 Å². The number of amides is 2. The molecule has 1 aromatic carbocycles. The lowest BCUT2D eigenvalue weighted by Crippen LogP contribution is -2.38. The van der Waals surface area contributed by atoms with Crippen LogP contribution in [0.1, 0.15) is 5.56 Å². The Morgan fingerprint density at radius 1 is 1.14 bits per heavy atom. The molecule has 0 atom stereocenters. The highest BCUT2D eigenvalue weighted by Gasteiger charge is 2.12. The Morgan fingerprint density at radius 2 is 1.81 bits per heavy atom. The Bertz CT molecular complexity index is 504. The van der Waals surface area contributed by atoms with Crippen molar-refractivity contribution < 1.29 is 23.8 Å². The molecule has 0 aliphatic heterocycles. The molecule has 0 heterocycles. The zero-order chi connectivity index (χ0) is 15.8. The van der Waals surface area contributed by atoms with Crippen molar-refractivity contribution in [3.05, 3.63) is 23.8 Å². The zero-order valence-electron chi connectivity index (χ0n) is 12.6. The van der Waals surface area contributed by atoms with Gasteiger partial charge in [0, 0.05) is 6.54 Å². The molecular formula is C14H20N2O5. The molecule has 1 rings (SSSR count). The second-order valence-electron chi connectivity index (χ2n) is 4.40. The first-order chi connectivity index (χ1) is 9.99. The van der Waals surface area contributed by atoms with Crippen molar-refractivity contribution in [3.8, 4) is 11.5 Å². The predicted octanol–water partition coefficient (Wildman–Crippen LogP) is 1.02. The van der Waals surface area contributed by atoms with E-state index in [1.807, 2.05) is 12.1 Å². The highest BCUT2D eigenvalue weighted by Crippen LogP contribution is 2.27. The molecule has 0 saturated carbocycles. The van der Waals surface area contributed by atoms with Gasteiger partial charge >= 0.3 is 6.09 Å². The van der Waals surface area contributed by atoms with Gasteiger partial charge in [0.1, 0.15) is 0 Å². The average molecular weight is 296 g/mol. The predicted molar refractivity (Wildman–Crippen MR) is 76.4 cm³/mol. The van der Waals surface area contributed by atoms with Crippen LogP contribution < -0.4 is 14.8 Å². The number of carbonyl (C=O) groups excluding carboxylic acids is 2. The van der Waals surface area contributed by atoms with Crippen LogP contribution in [0.5, 0.6) is 11.5 Å². The van der Waals surface area contributed by atoms with Gasteiger partial charge in [-0.1, -0.05) is 6.07 Å². The molecule has 0 aromatic heterocycles. The number of alkyl carbamates (subject to hydrolysis) is 1. The van der Waals surface area contributed by atoms with Gasteiger partial charge in [-0.15, -0.1) is 0 Å². The zero-order valence-corrected chi connectivity index (χ0v) is 12.6. The minimum Gasteiger partial charge on any atom is -0.493 e. The highest BCUT2D eigenvalue weighted by atomic mass is 16.5. The Labute approximate surface area is 123 Å². The van der Waals surface area contributed by atoms with Crippen LogP contribution in [0.4, 0.5) is 4.79 Å². The van der Waals surface area contributed by atoms with Crippen LogP contribution in [-0.2, 0) is 16.1 Å². The average Bonchev–Trinajstić information content (AvgIpc) is 2.46. The summed E-state index contributed by atoms with van der Waals surface area (Å²) in [5.41, 5.74) is 0.959. The van der Waals surface area contributed by atoms with Crippen LogP contribution in [-0.4, -0.2) is 51.8 Å². The Morgan fingerprint density at radius 3 is 2.38 bits per heavy atom. The fourth-order valence-electron chi connectivity index (χ4n) is 1.80. The van der Waals surface area contributed by atoms with E-state index in [9.17, 15) is 9.59 Å².